The van der Waals surface area contributed by atoms with Crippen molar-refractivity contribution in [2.75, 3.05) is 5.32 Å². The van der Waals surface area contributed by atoms with Crippen LogP contribution in [0.2, 0.25) is 0 Å². The van der Waals surface area contributed by atoms with Gasteiger partial charge >= 0.3 is 5.69 Å². The number of hydrogen-bond donors (Lipinski definition) is 2. The van der Waals surface area contributed by atoms with Gasteiger partial charge in [-0.05, 0) is 31.2 Å². The summed E-state index contributed by atoms with van der Waals surface area (Å²) >= 11 is 0. The first-order chi connectivity index (χ1) is 11.6. The summed E-state index contributed by atoms with van der Waals surface area (Å²) in [6.45, 7) is 1.94. The molecule has 0 aliphatic heterocycles. The molecule has 3 rings (SSSR count). The molecular formula is C18H15N3O3. The van der Waals surface area contributed by atoms with Crippen LogP contribution in [0.3, 0.4) is 0 Å². The van der Waals surface area contributed by atoms with E-state index >= 15 is 0 Å². The Morgan fingerprint density at radius 3 is 2.33 bits per heavy atom. The molecule has 1 aromatic heterocycles. The lowest BCUT2D eigenvalue weighted by atomic mass is 10.2. The summed E-state index contributed by atoms with van der Waals surface area (Å²) in [5.74, 6) is -0.579. The smallest absolute Gasteiger partial charge is 0.322 e. The molecule has 0 saturated heterocycles. The van der Waals surface area contributed by atoms with Crippen LogP contribution in [-0.4, -0.2) is 15.5 Å². The highest BCUT2D eigenvalue weighted by atomic mass is 16.2. The van der Waals surface area contributed by atoms with Crippen molar-refractivity contribution in [2.45, 2.75) is 6.92 Å². The number of aryl methyl sites for hydroxylation is 1. The summed E-state index contributed by atoms with van der Waals surface area (Å²) in [6, 6.07) is 15.6. The van der Waals surface area contributed by atoms with Gasteiger partial charge in [0.05, 0.1) is 5.69 Å². The Morgan fingerprint density at radius 1 is 1.00 bits per heavy atom. The summed E-state index contributed by atoms with van der Waals surface area (Å²) < 4.78 is 0.935. The summed E-state index contributed by atoms with van der Waals surface area (Å²) in [5, 5.41) is 2.65. The highest BCUT2D eigenvalue weighted by Gasteiger charge is 2.15. The Labute approximate surface area is 137 Å². The largest absolute Gasteiger partial charge is 0.333 e. The minimum atomic E-state index is -0.672. The van der Waals surface area contributed by atoms with E-state index in [0.717, 1.165) is 16.3 Å². The van der Waals surface area contributed by atoms with E-state index in [1.54, 1.807) is 42.5 Å². The van der Waals surface area contributed by atoms with Gasteiger partial charge in [-0.15, -0.1) is 0 Å². The van der Waals surface area contributed by atoms with Gasteiger partial charge in [-0.2, -0.15) is 0 Å². The number of hydrogen-bond acceptors (Lipinski definition) is 3. The molecule has 0 saturated carbocycles. The first kappa shape index (κ1) is 15.5. The number of para-hydroxylation sites is 1. The van der Waals surface area contributed by atoms with E-state index in [9.17, 15) is 14.4 Å². The number of nitrogens with zero attached hydrogens (tertiary/aromatic N) is 1. The van der Waals surface area contributed by atoms with Crippen LogP contribution in [0.25, 0.3) is 5.69 Å². The van der Waals surface area contributed by atoms with Crippen LogP contribution in [0.1, 0.15) is 15.9 Å². The van der Waals surface area contributed by atoms with E-state index in [0.29, 0.717) is 11.4 Å². The van der Waals surface area contributed by atoms with Gasteiger partial charge in [0.15, 0.2) is 0 Å². The molecule has 0 radical (unpaired) electrons. The molecule has 1 amide bonds. The number of carbonyl (C=O) groups excluding carboxylic acids is 1. The summed E-state index contributed by atoms with van der Waals surface area (Å²) in [4.78, 5) is 39.3. The average Bonchev–Trinajstić information content (AvgIpc) is 2.58. The topological polar surface area (TPSA) is 84.0 Å². The second-order valence-corrected chi connectivity index (χ2v) is 5.30. The average molecular weight is 321 g/mol. The zero-order valence-electron chi connectivity index (χ0n) is 12.9. The molecule has 3 aromatic rings. The number of rotatable bonds is 3. The molecule has 6 heteroatoms. The van der Waals surface area contributed by atoms with Crippen molar-refractivity contribution in [1.29, 1.82) is 0 Å². The molecular weight excluding hydrogens is 306 g/mol. The number of anilines is 1. The fourth-order valence-corrected chi connectivity index (χ4v) is 2.28. The molecule has 0 atom stereocenters. The van der Waals surface area contributed by atoms with E-state index in [1.165, 1.54) is 0 Å². The predicted octanol–water partition coefficient (Wildman–Crippen LogP) is 2.09. The van der Waals surface area contributed by atoms with Gasteiger partial charge < -0.3 is 10.3 Å². The predicted molar refractivity (Wildman–Crippen MR) is 91.8 cm³/mol. The van der Waals surface area contributed by atoms with Crippen LogP contribution in [-0.2, 0) is 0 Å². The Hall–Kier alpha value is -3.41. The number of H-pyrrole nitrogens is 1. The number of aromatic amines is 1. The van der Waals surface area contributed by atoms with Crippen LogP contribution in [0.4, 0.5) is 5.69 Å². The maximum atomic E-state index is 12.6. The lowest BCUT2D eigenvalue weighted by molar-refractivity contribution is 0.102. The second-order valence-electron chi connectivity index (χ2n) is 5.30. The number of aromatic nitrogens is 2. The first-order valence-electron chi connectivity index (χ1n) is 7.34. The molecule has 0 aliphatic carbocycles. The van der Waals surface area contributed by atoms with Crippen LogP contribution in [0, 0.1) is 6.92 Å². The molecule has 0 spiro atoms. The molecule has 1 heterocycles. The Balaban J connectivity index is 2.00. The molecule has 0 fully saturated rings. The van der Waals surface area contributed by atoms with Crippen LogP contribution >= 0.6 is 0 Å². The van der Waals surface area contributed by atoms with Crippen molar-refractivity contribution < 1.29 is 4.79 Å². The SMILES string of the molecule is Cc1ccc(NC(=O)c2c[nH]c(=O)n(-c3ccccc3)c2=O)cc1. The maximum absolute atomic E-state index is 12.6. The van der Waals surface area contributed by atoms with Crippen molar-refractivity contribution in [3.63, 3.8) is 0 Å². The van der Waals surface area contributed by atoms with Gasteiger partial charge in [0.25, 0.3) is 11.5 Å². The van der Waals surface area contributed by atoms with E-state index < -0.39 is 17.2 Å². The zero-order chi connectivity index (χ0) is 17.1. The van der Waals surface area contributed by atoms with Crippen molar-refractivity contribution in [2.24, 2.45) is 0 Å². The monoisotopic (exact) mass is 321 g/mol. The van der Waals surface area contributed by atoms with E-state index in [4.69, 9.17) is 0 Å². The van der Waals surface area contributed by atoms with Crippen molar-refractivity contribution in [3.05, 3.63) is 92.8 Å². The third-order valence-electron chi connectivity index (χ3n) is 3.55. The van der Waals surface area contributed by atoms with Gasteiger partial charge in [0.2, 0.25) is 0 Å². The third-order valence-corrected chi connectivity index (χ3v) is 3.55. The summed E-state index contributed by atoms with van der Waals surface area (Å²) in [5.41, 5.74) is 0.617. The molecule has 0 bridgehead atoms. The fraction of sp³-hybridized carbons (Fsp3) is 0.0556. The van der Waals surface area contributed by atoms with E-state index in [1.807, 2.05) is 19.1 Å². The molecule has 0 unspecified atom stereocenters. The minimum absolute atomic E-state index is 0.140. The van der Waals surface area contributed by atoms with E-state index in [2.05, 4.69) is 10.3 Å². The second kappa shape index (κ2) is 6.37. The standard InChI is InChI=1S/C18H15N3O3/c1-12-7-9-13(10-8-12)20-16(22)15-11-19-18(24)21(17(15)23)14-5-3-2-4-6-14/h2-11H,1H3,(H,19,24)(H,20,22). The van der Waals surface area contributed by atoms with Crippen molar-refractivity contribution in [1.82, 2.24) is 9.55 Å². The van der Waals surface area contributed by atoms with Crippen LogP contribution < -0.4 is 16.6 Å². The van der Waals surface area contributed by atoms with Crippen LogP contribution in [0.5, 0.6) is 0 Å². The Kier molecular flexibility index (Phi) is 4.11. The quantitative estimate of drug-likeness (QED) is 0.775. The lowest BCUT2D eigenvalue weighted by Gasteiger charge is -2.08. The van der Waals surface area contributed by atoms with Gasteiger partial charge in [-0.3, -0.25) is 9.59 Å². The summed E-state index contributed by atoms with van der Waals surface area (Å²) in [6.07, 6.45) is 1.13. The van der Waals surface area contributed by atoms with Gasteiger partial charge in [0, 0.05) is 11.9 Å². The number of nitrogens with one attached hydrogen (secondary N) is 2. The number of amides is 1. The zero-order valence-corrected chi connectivity index (χ0v) is 12.9. The normalized spacial score (nSPS) is 10.4. The maximum Gasteiger partial charge on any atom is 0.333 e. The third kappa shape index (κ3) is 3.03. The molecule has 120 valence electrons. The molecule has 2 aromatic carbocycles. The summed E-state index contributed by atoms with van der Waals surface area (Å²) in [7, 11) is 0. The van der Waals surface area contributed by atoms with Gasteiger partial charge in [-0.25, -0.2) is 9.36 Å². The highest BCUT2D eigenvalue weighted by Crippen LogP contribution is 2.09. The van der Waals surface area contributed by atoms with Crippen LogP contribution in [0.15, 0.2) is 70.4 Å². The minimum Gasteiger partial charge on any atom is -0.322 e. The number of carbonyl (C=O) groups is 1. The Bertz CT molecular complexity index is 987. The van der Waals surface area contributed by atoms with Gasteiger partial charge in [0.1, 0.15) is 5.56 Å². The van der Waals surface area contributed by atoms with Gasteiger partial charge in [-0.1, -0.05) is 35.9 Å². The first-order valence-corrected chi connectivity index (χ1v) is 7.34. The molecule has 6 nitrogen and oxygen atoms in total. The molecule has 0 aliphatic rings. The lowest BCUT2D eigenvalue weighted by Crippen LogP contribution is -2.38. The van der Waals surface area contributed by atoms with Crippen molar-refractivity contribution in [3.8, 4) is 5.69 Å². The highest BCUT2D eigenvalue weighted by molar-refractivity contribution is 6.03. The van der Waals surface area contributed by atoms with Crippen molar-refractivity contribution >= 4 is 11.6 Å². The van der Waals surface area contributed by atoms with E-state index in [-0.39, 0.29) is 5.56 Å². The molecule has 2 N–H and O–H groups in total. The number of benzene rings is 2. The Morgan fingerprint density at radius 2 is 1.67 bits per heavy atom. The fourth-order valence-electron chi connectivity index (χ4n) is 2.28. The molecule has 24 heavy (non-hydrogen) atoms.